The second-order valence-electron chi connectivity index (χ2n) is 5.69. The van der Waals surface area contributed by atoms with Gasteiger partial charge >= 0.3 is 5.97 Å². The maximum Gasteiger partial charge on any atom is 0.316 e. The number of nitro benzene ring substituents is 1. The molecule has 0 fully saturated rings. The van der Waals surface area contributed by atoms with Crippen molar-refractivity contribution in [2.75, 3.05) is 17.7 Å². The Balaban J connectivity index is 1.81. The third-order valence-corrected chi connectivity index (χ3v) is 4.94. The summed E-state index contributed by atoms with van der Waals surface area (Å²) < 4.78 is 4.94. The third kappa shape index (κ3) is 6.26. The van der Waals surface area contributed by atoms with Gasteiger partial charge in [0.2, 0.25) is 0 Å². The monoisotopic (exact) mass is 408 g/mol. The highest BCUT2D eigenvalue weighted by Gasteiger charge is 2.13. The van der Waals surface area contributed by atoms with E-state index in [9.17, 15) is 19.7 Å². The predicted octanol–water partition coefficient (Wildman–Crippen LogP) is 4.14. The number of benzene rings is 2. The molecule has 7 nitrogen and oxygen atoms in total. The Kier molecular flexibility index (Phi) is 7.20. The molecule has 0 aliphatic heterocycles. The number of aryl methyl sites for hydroxylation is 2. The van der Waals surface area contributed by atoms with Gasteiger partial charge in [0, 0.05) is 17.0 Å². The molecular formula is C18H17ClN2O5S. The van der Waals surface area contributed by atoms with E-state index in [2.05, 4.69) is 5.32 Å². The Hall–Kier alpha value is -2.58. The predicted molar refractivity (Wildman–Crippen MR) is 104 cm³/mol. The van der Waals surface area contributed by atoms with Gasteiger partial charge in [-0.05, 0) is 31.5 Å². The topological polar surface area (TPSA) is 98.5 Å². The first-order valence-corrected chi connectivity index (χ1v) is 9.22. The lowest BCUT2D eigenvalue weighted by molar-refractivity contribution is -0.384. The molecule has 0 aliphatic rings. The highest BCUT2D eigenvalue weighted by molar-refractivity contribution is 8.00. The van der Waals surface area contributed by atoms with E-state index in [-0.39, 0.29) is 22.2 Å². The highest BCUT2D eigenvalue weighted by atomic mass is 35.5. The van der Waals surface area contributed by atoms with Crippen LogP contribution in [0.4, 0.5) is 11.4 Å². The molecule has 0 aliphatic carbocycles. The van der Waals surface area contributed by atoms with Crippen LogP contribution in [0.5, 0.6) is 0 Å². The molecule has 0 heterocycles. The van der Waals surface area contributed by atoms with Crippen LogP contribution in [0.2, 0.25) is 5.02 Å². The minimum absolute atomic E-state index is 0.0225. The summed E-state index contributed by atoms with van der Waals surface area (Å²) in [6, 6.07) is 9.58. The lowest BCUT2D eigenvalue weighted by atomic mass is 10.2. The maximum absolute atomic E-state index is 11.9. The fraction of sp³-hybridized carbons (Fsp3) is 0.222. The number of carbonyl (C=O) groups excluding carboxylic acids is 2. The minimum Gasteiger partial charge on any atom is -0.455 e. The molecule has 0 atom stereocenters. The molecule has 2 rings (SSSR count). The molecule has 1 N–H and O–H groups in total. The summed E-state index contributed by atoms with van der Waals surface area (Å²) in [6.45, 7) is 3.48. The molecule has 2 aromatic rings. The molecular weight excluding hydrogens is 392 g/mol. The normalized spacial score (nSPS) is 10.3. The molecule has 0 radical (unpaired) electrons. The van der Waals surface area contributed by atoms with Crippen LogP contribution < -0.4 is 5.32 Å². The smallest absolute Gasteiger partial charge is 0.316 e. The van der Waals surface area contributed by atoms with Crippen molar-refractivity contribution in [1.82, 2.24) is 0 Å². The average molecular weight is 409 g/mol. The Labute approximate surface area is 165 Å². The first kappa shape index (κ1) is 20.7. The van der Waals surface area contributed by atoms with Gasteiger partial charge in [-0.15, -0.1) is 11.8 Å². The van der Waals surface area contributed by atoms with Gasteiger partial charge in [-0.2, -0.15) is 0 Å². The number of nitrogens with one attached hydrogen (secondary N) is 1. The molecule has 9 heteroatoms. The van der Waals surface area contributed by atoms with Gasteiger partial charge in [0.1, 0.15) is 0 Å². The Morgan fingerprint density at radius 2 is 1.96 bits per heavy atom. The van der Waals surface area contributed by atoms with Crippen molar-refractivity contribution < 1.29 is 19.2 Å². The van der Waals surface area contributed by atoms with Crippen molar-refractivity contribution in [3.05, 3.63) is 62.7 Å². The van der Waals surface area contributed by atoms with Crippen LogP contribution in [-0.4, -0.2) is 29.2 Å². The number of hydrogen-bond acceptors (Lipinski definition) is 6. The van der Waals surface area contributed by atoms with Crippen LogP contribution in [-0.2, 0) is 14.3 Å². The number of anilines is 1. The Morgan fingerprint density at radius 3 is 2.59 bits per heavy atom. The average Bonchev–Trinajstić information content (AvgIpc) is 2.60. The summed E-state index contributed by atoms with van der Waals surface area (Å²) in [5, 5.41) is 13.1. The van der Waals surface area contributed by atoms with Gasteiger partial charge in [0.25, 0.3) is 11.6 Å². The van der Waals surface area contributed by atoms with E-state index in [1.54, 1.807) is 0 Å². The summed E-state index contributed by atoms with van der Waals surface area (Å²) >= 11 is 7.23. The molecule has 142 valence electrons. The van der Waals surface area contributed by atoms with Crippen LogP contribution in [0.1, 0.15) is 11.1 Å². The van der Waals surface area contributed by atoms with Gasteiger partial charge in [-0.25, -0.2) is 0 Å². The Bertz CT molecular complexity index is 888. The van der Waals surface area contributed by atoms with Gasteiger partial charge < -0.3 is 10.1 Å². The van der Waals surface area contributed by atoms with Gasteiger partial charge in [0.15, 0.2) is 6.61 Å². The lowest BCUT2D eigenvalue weighted by Crippen LogP contribution is -2.21. The number of hydrogen-bond donors (Lipinski definition) is 1. The number of esters is 1. The van der Waals surface area contributed by atoms with Gasteiger partial charge in [0.05, 0.1) is 21.4 Å². The SMILES string of the molecule is Cc1ccc(SCC(=O)OCC(=O)Nc2ccc([N+](=O)[O-])cc2Cl)c(C)c1. The van der Waals surface area contributed by atoms with E-state index in [0.29, 0.717) is 0 Å². The van der Waals surface area contributed by atoms with Crippen molar-refractivity contribution in [1.29, 1.82) is 0 Å². The summed E-state index contributed by atoms with van der Waals surface area (Å²) in [5.41, 5.74) is 2.22. The van der Waals surface area contributed by atoms with Crippen LogP contribution in [0, 0.1) is 24.0 Å². The highest BCUT2D eigenvalue weighted by Crippen LogP contribution is 2.26. The number of thioether (sulfide) groups is 1. The van der Waals surface area contributed by atoms with Crippen LogP contribution in [0.3, 0.4) is 0 Å². The van der Waals surface area contributed by atoms with E-state index >= 15 is 0 Å². The van der Waals surface area contributed by atoms with Crippen molar-refractivity contribution in [3.8, 4) is 0 Å². The van der Waals surface area contributed by atoms with Crippen molar-refractivity contribution >= 4 is 46.6 Å². The number of halogens is 1. The van der Waals surface area contributed by atoms with E-state index in [0.717, 1.165) is 22.1 Å². The van der Waals surface area contributed by atoms with Crippen molar-refractivity contribution in [2.24, 2.45) is 0 Å². The molecule has 1 amide bonds. The first-order valence-electron chi connectivity index (χ1n) is 7.85. The van der Waals surface area contributed by atoms with Gasteiger partial charge in [-0.1, -0.05) is 29.3 Å². The van der Waals surface area contributed by atoms with Crippen molar-refractivity contribution in [2.45, 2.75) is 18.7 Å². The number of carbonyl (C=O) groups is 2. The lowest BCUT2D eigenvalue weighted by Gasteiger charge is -2.09. The second-order valence-corrected chi connectivity index (χ2v) is 7.11. The molecule has 0 saturated heterocycles. The van der Waals surface area contributed by atoms with Gasteiger partial charge in [-0.3, -0.25) is 19.7 Å². The number of nitro groups is 1. The fourth-order valence-corrected chi connectivity index (χ4v) is 3.22. The number of rotatable bonds is 7. The summed E-state index contributed by atoms with van der Waals surface area (Å²) in [7, 11) is 0. The number of non-ortho nitro benzene ring substituents is 1. The number of nitrogens with zero attached hydrogens (tertiary/aromatic N) is 1. The second kappa shape index (κ2) is 9.38. The van der Waals surface area contributed by atoms with E-state index in [1.807, 2.05) is 32.0 Å². The summed E-state index contributed by atoms with van der Waals surface area (Å²) in [6.07, 6.45) is 0. The fourth-order valence-electron chi connectivity index (χ4n) is 2.19. The summed E-state index contributed by atoms with van der Waals surface area (Å²) in [5.74, 6) is -1.03. The molecule has 0 bridgehead atoms. The minimum atomic E-state index is -0.591. The number of amides is 1. The first-order chi connectivity index (χ1) is 12.8. The Morgan fingerprint density at radius 1 is 1.22 bits per heavy atom. The zero-order chi connectivity index (χ0) is 20.0. The zero-order valence-electron chi connectivity index (χ0n) is 14.7. The van der Waals surface area contributed by atoms with E-state index in [1.165, 1.54) is 23.9 Å². The van der Waals surface area contributed by atoms with E-state index < -0.39 is 23.4 Å². The molecule has 0 spiro atoms. The molecule has 27 heavy (non-hydrogen) atoms. The standard InChI is InChI=1S/C18H17ClN2O5S/c1-11-3-6-16(12(2)7-11)27-10-18(23)26-9-17(22)20-15-5-4-13(21(24)25)8-14(15)19/h3-8H,9-10H2,1-2H3,(H,20,22). The van der Waals surface area contributed by atoms with Crippen molar-refractivity contribution in [3.63, 3.8) is 0 Å². The van der Waals surface area contributed by atoms with E-state index in [4.69, 9.17) is 16.3 Å². The molecule has 0 aromatic heterocycles. The third-order valence-electron chi connectivity index (χ3n) is 3.48. The largest absolute Gasteiger partial charge is 0.455 e. The zero-order valence-corrected chi connectivity index (χ0v) is 16.2. The van der Waals surface area contributed by atoms with Crippen LogP contribution >= 0.6 is 23.4 Å². The quantitative estimate of drug-likeness (QED) is 0.320. The molecule has 2 aromatic carbocycles. The number of ether oxygens (including phenoxy) is 1. The van der Waals surface area contributed by atoms with Crippen LogP contribution in [0.15, 0.2) is 41.3 Å². The van der Waals surface area contributed by atoms with Crippen LogP contribution in [0.25, 0.3) is 0 Å². The molecule has 0 saturated carbocycles. The maximum atomic E-state index is 11.9. The molecule has 0 unspecified atom stereocenters. The summed E-state index contributed by atoms with van der Waals surface area (Å²) in [4.78, 5) is 34.7.